The second-order valence-electron chi connectivity index (χ2n) is 7.67. The molecule has 4 N–H and O–H groups in total. The van der Waals surface area contributed by atoms with Crippen LogP contribution < -0.4 is 15.5 Å². The van der Waals surface area contributed by atoms with E-state index in [4.69, 9.17) is 15.3 Å². The van der Waals surface area contributed by atoms with E-state index >= 15 is 0 Å². The Bertz CT molecular complexity index is 1050. The van der Waals surface area contributed by atoms with Crippen LogP contribution in [0.15, 0.2) is 35.6 Å². The van der Waals surface area contributed by atoms with Gasteiger partial charge in [-0.15, -0.1) is 0 Å². The van der Waals surface area contributed by atoms with Crippen molar-refractivity contribution in [2.45, 2.75) is 19.4 Å². The number of benzene rings is 1. The molecule has 1 aliphatic heterocycles. The molecule has 30 heavy (non-hydrogen) atoms. The van der Waals surface area contributed by atoms with Gasteiger partial charge in [-0.05, 0) is 19.9 Å². The molecule has 2 aromatic heterocycles. The summed E-state index contributed by atoms with van der Waals surface area (Å²) in [6.07, 6.45) is 1.83. The third-order valence-electron chi connectivity index (χ3n) is 4.64. The number of anilines is 1. The van der Waals surface area contributed by atoms with Crippen LogP contribution in [0.25, 0.3) is 10.9 Å². The summed E-state index contributed by atoms with van der Waals surface area (Å²) in [5, 5.41) is 15.0. The Hall–Kier alpha value is -3.24. The molecule has 4 rings (SSSR count). The molecule has 10 heteroatoms. The summed E-state index contributed by atoms with van der Waals surface area (Å²) in [4.78, 5) is 18.7. The summed E-state index contributed by atoms with van der Waals surface area (Å²) in [7, 11) is 0. The quantitative estimate of drug-likeness (QED) is 0.311. The van der Waals surface area contributed by atoms with E-state index in [-0.39, 0.29) is 12.6 Å². The van der Waals surface area contributed by atoms with Crippen LogP contribution in [-0.4, -0.2) is 69.3 Å². The molecule has 0 bridgehead atoms. The molecule has 1 fully saturated rings. The third kappa shape index (κ3) is 4.34. The van der Waals surface area contributed by atoms with Gasteiger partial charge in [0.1, 0.15) is 12.3 Å². The molecule has 0 spiro atoms. The zero-order valence-corrected chi connectivity index (χ0v) is 17.0. The lowest BCUT2D eigenvalue weighted by molar-refractivity contribution is 0.0249. The van der Waals surface area contributed by atoms with Crippen LogP contribution in [0.1, 0.15) is 25.2 Å². The first-order chi connectivity index (χ1) is 14.4. The number of para-hydroxylation sites is 1. The van der Waals surface area contributed by atoms with E-state index in [1.807, 2.05) is 35.4 Å². The third-order valence-corrected chi connectivity index (χ3v) is 4.64. The zero-order chi connectivity index (χ0) is 21.1. The van der Waals surface area contributed by atoms with Gasteiger partial charge in [0.2, 0.25) is 5.95 Å². The first kappa shape index (κ1) is 20.0. The van der Waals surface area contributed by atoms with Gasteiger partial charge in [-0.2, -0.15) is 20.1 Å². The van der Waals surface area contributed by atoms with Crippen LogP contribution in [-0.2, 0) is 4.74 Å². The normalized spacial score (nSPS) is 15.6. The van der Waals surface area contributed by atoms with E-state index in [0.29, 0.717) is 43.8 Å². The smallest absolute Gasteiger partial charge is 0.321 e. The molecule has 3 heterocycles. The van der Waals surface area contributed by atoms with Gasteiger partial charge < -0.3 is 30.3 Å². The zero-order valence-electron chi connectivity index (χ0n) is 17.0. The Morgan fingerprint density at radius 3 is 2.77 bits per heavy atom. The van der Waals surface area contributed by atoms with Crippen molar-refractivity contribution in [3.05, 3.63) is 41.9 Å². The molecular weight excluding hydrogens is 386 g/mol. The van der Waals surface area contributed by atoms with Crippen LogP contribution in [0.4, 0.5) is 5.95 Å². The molecular formula is C20H25N7O3. The Balaban J connectivity index is 1.76. The summed E-state index contributed by atoms with van der Waals surface area (Å²) in [5.74, 6) is 6.52. The molecule has 0 radical (unpaired) electrons. The van der Waals surface area contributed by atoms with Crippen molar-refractivity contribution in [1.29, 1.82) is 0 Å². The molecule has 0 aliphatic carbocycles. The number of H-pyrrole nitrogens is 1. The number of nitrogens with two attached hydrogens (primary N) is 1. The number of morpholine rings is 1. The van der Waals surface area contributed by atoms with Gasteiger partial charge in [0.25, 0.3) is 0 Å². The van der Waals surface area contributed by atoms with E-state index in [2.05, 4.69) is 25.0 Å². The van der Waals surface area contributed by atoms with Gasteiger partial charge in [0.05, 0.1) is 18.8 Å². The minimum atomic E-state index is -1.03. The lowest BCUT2D eigenvalue weighted by Gasteiger charge is -2.27. The minimum absolute atomic E-state index is 0.0290. The Kier molecular flexibility index (Phi) is 5.51. The number of nitrogens with zero attached hydrogens (tertiary/aromatic N) is 5. The minimum Gasteiger partial charge on any atom is -0.460 e. The van der Waals surface area contributed by atoms with Crippen LogP contribution in [0.3, 0.4) is 0 Å². The number of hydrazone groups is 1. The van der Waals surface area contributed by atoms with Crippen molar-refractivity contribution >= 4 is 22.6 Å². The van der Waals surface area contributed by atoms with E-state index < -0.39 is 5.60 Å². The number of nitrogens with one attached hydrogen (secondary N) is 1. The largest absolute Gasteiger partial charge is 0.460 e. The van der Waals surface area contributed by atoms with Crippen LogP contribution in [0, 0.1) is 0 Å². The molecule has 158 valence electrons. The van der Waals surface area contributed by atoms with Crippen LogP contribution >= 0.6 is 0 Å². The van der Waals surface area contributed by atoms with Gasteiger partial charge in [0, 0.05) is 35.8 Å². The van der Waals surface area contributed by atoms with Crippen molar-refractivity contribution < 1.29 is 14.6 Å². The molecule has 3 aromatic rings. The predicted octanol–water partition coefficient (Wildman–Crippen LogP) is 1.05. The number of aromatic amines is 1. The number of ether oxygens (including phenoxy) is 2. The maximum atomic E-state index is 10.0. The summed E-state index contributed by atoms with van der Waals surface area (Å²) in [5.41, 5.74) is 1.11. The molecule has 0 atom stereocenters. The molecule has 0 saturated carbocycles. The van der Waals surface area contributed by atoms with Gasteiger partial charge in [-0.1, -0.05) is 18.2 Å². The van der Waals surface area contributed by atoms with Gasteiger partial charge in [-0.25, -0.2) is 0 Å². The fourth-order valence-corrected chi connectivity index (χ4v) is 3.18. The van der Waals surface area contributed by atoms with Gasteiger partial charge in [-0.3, -0.25) is 0 Å². The highest BCUT2D eigenvalue weighted by molar-refractivity contribution is 6.17. The number of hydrogen-bond donors (Lipinski definition) is 3. The molecule has 0 unspecified atom stereocenters. The molecule has 10 nitrogen and oxygen atoms in total. The monoisotopic (exact) mass is 411 g/mol. The Morgan fingerprint density at radius 2 is 2.03 bits per heavy atom. The van der Waals surface area contributed by atoms with Gasteiger partial charge in [0.15, 0.2) is 5.82 Å². The number of fused-ring (bicyclic) bond motifs is 1. The fraction of sp³-hybridized carbons (Fsp3) is 0.400. The van der Waals surface area contributed by atoms with Crippen molar-refractivity contribution in [1.82, 2.24) is 19.9 Å². The van der Waals surface area contributed by atoms with Crippen molar-refractivity contribution in [2.75, 3.05) is 37.8 Å². The summed E-state index contributed by atoms with van der Waals surface area (Å²) >= 11 is 0. The maximum absolute atomic E-state index is 10.0. The SMILES string of the molecule is CC(C)(O)COc1nc(C(=NN)c2c[nH]c3ccccc23)nc(N2CCOCC2)n1. The second kappa shape index (κ2) is 8.25. The lowest BCUT2D eigenvalue weighted by atomic mass is 10.1. The van der Waals surface area contributed by atoms with E-state index in [1.54, 1.807) is 13.8 Å². The number of aliphatic hydroxyl groups is 1. The molecule has 0 amide bonds. The predicted molar refractivity (Wildman–Crippen MR) is 113 cm³/mol. The highest BCUT2D eigenvalue weighted by Crippen LogP contribution is 2.22. The number of hydrogen-bond acceptors (Lipinski definition) is 9. The van der Waals surface area contributed by atoms with Crippen molar-refractivity contribution in [3.8, 4) is 6.01 Å². The summed E-state index contributed by atoms with van der Waals surface area (Å²) in [6, 6.07) is 7.94. The molecule has 1 aromatic carbocycles. The summed E-state index contributed by atoms with van der Waals surface area (Å²) in [6.45, 7) is 5.80. The van der Waals surface area contributed by atoms with E-state index in [0.717, 1.165) is 16.5 Å². The standard InChI is InChI=1S/C20H25N7O3/c1-20(2,28)12-30-19-24-17(23-18(25-19)27-7-9-29-10-8-27)16(26-21)14-11-22-15-6-4-3-5-13(14)15/h3-6,11,22,28H,7-10,12,21H2,1-2H3. The average Bonchev–Trinajstić information content (AvgIpc) is 3.17. The van der Waals surface area contributed by atoms with Crippen LogP contribution in [0.5, 0.6) is 6.01 Å². The average molecular weight is 411 g/mol. The van der Waals surface area contributed by atoms with Crippen LogP contribution in [0.2, 0.25) is 0 Å². The van der Waals surface area contributed by atoms with Crippen molar-refractivity contribution in [2.24, 2.45) is 10.9 Å². The molecule has 1 saturated heterocycles. The lowest BCUT2D eigenvalue weighted by Crippen LogP contribution is -2.38. The summed E-state index contributed by atoms with van der Waals surface area (Å²) < 4.78 is 11.1. The van der Waals surface area contributed by atoms with Crippen molar-refractivity contribution in [3.63, 3.8) is 0 Å². The molecule has 1 aliphatic rings. The Labute approximate surface area is 173 Å². The topological polar surface area (TPSA) is 135 Å². The fourth-order valence-electron chi connectivity index (χ4n) is 3.18. The number of rotatable bonds is 6. The first-order valence-electron chi connectivity index (χ1n) is 9.73. The highest BCUT2D eigenvalue weighted by atomic mass is 16.5. The highest BCUT2D eigenvalue weighted by Gasteiger charge is 2.23. The maximum Gasteiger partial charge on any atom is 0.321 e. The van der Waals surface area contributed by atoms with Gasteiger partial charge >= 0.3 is 6.01 Å². The first-order valence-corrected chi connectivity index (χ1v) is 9.73. The van der Waals surface area contributed by atoms with E-state index in [9.17, 15) is 5.11 Å². The number of aromatic nitrogens is 4. The second-order valence-corrected chi connectivity index (χ2v) is 7.67. The van der Waals surface area contributed by atoms with E-state index in [1.165, 1.54) is 0 Å². The Morgan fingerprint density at radius 1 is 1.27 bits per heavy atom.